The van der Waals surface area contributed by atoms with E-state index in [9.17, 15) is 0 Å². The van der Waals surface area contributed by atoms with Gasteiger partial charge < -0.3 is 5.73 Å². The van der Waals surface area contributed by atoms with Gasteiger partial charge in [0.2, 0.25) is 0 Å². The SMILES string of the molecule is Cc1ccc(-c2cc(CCN)nn2-c2ccccc2)cc1. The molecule has 0 spiro atoms. The third-order valence-electron chi connectivity index (χ3n) is 3.51. The van der Waals surface area contributed by atoms with Crippen LogP contribution in [0.25, 0.3) is 16.9 Å². The van der Waals surface area contributed by atoms with E-state index in [-0.39, 0.29) is 0 Å². The van der Waals surface area contributed by atoms with Crippen LogP contribution in [0, 0.1) is 6.92 Å². The van der Waals surface area contributed by atoms with Gasteiger partial charge in [-0.15, -0.1) is 0 Å². The zero-order valence-electron chi connectivity index (χ0n) is 12.2. The fourth-order valence-electron chi connectivity index (χ4n) is 2.40. The Morgan fingerprint density at radius 2 is 1.71 bits per heavy atom. The van der Waals surface area contributed by atoms with Crippen molar-refractivity contribution in [1.82, 2.24) is 9.78 Å². The molecule has 0 fully saturated rings. The van der Waals surface area contributed by atoms with E-state index in [0.717, 1.165) is 23.5 Å². The summed E-state index contributed by atoms with van der Waals surface area (Å²) in [5, 5.41) is 4.71. The zero-order chi connectivity index (χ0) is 14.7. The lowest BCUT2D eigenvalue weighted by atomic mass is 10.1. The van der Waals surface area contributed by atoms with Gasteiger partial charge in [-0.2, -0.15) is 5.10 Å². The van der Waals surface area contributed by atoms with Crippen LogP contribution in [0.1, 0.15) is 11.3 Å². The number of rotatable bonds is 4. The molecule has 0 radical (unpaired) electrons. The highest BCUT2D eigenvalue weighted by Gasteiger charge is 2.11. The Morgan fingerprint density at radius 1 is 1.00 bits per heavy atom. The van der Waals surface area contributed by atoms with Crippen LogP contribution in [0.5, 0.6) is 0 Å². The molecule has 0 amide bonds. The normalized spacial score (nSPS) is 10.8. The van der Waals surface area contributed by atoms with Crippen molar-refractivity contribution in [3.05, 3.63) is 71.9 Å². The molecule has 2 aromatic carbocycles. The summed E-state index contributed by atoms with van der Waals surface area (Å²) in [5.74, 6) is 0. The van der Waals surface area contributed by atoms with Crippen molar-refractivity contribution in [3.8, 4) is 16.9 Å². The maximum absolute atomic E-state index is 5.67. The molecule has 0 bridgehead atoms. The Balaban J connectivity index is 2.11. The molecule has 3 heteroatoms. The fourth-order valence-corrected chi connectivity index (χ4v) is 2.40. The second-order valence-corrected chi connectivity index (χ2v) is 5.17. The topological polar surface area (TPSA) is 43.8 Å². The Morgan fingerprint density at radius 3 is 2.38 bits per heavy atom. The van der Waals surface area contributed by atoms with Gasteiger partial charge in [0, 0.05) is 12.0 Å². The van der Waals surface area contributed by atoms with Crippen molar-refractivity contribution in [2.75, 3.05) is 6.54 Å². The highest BCUT2D eigenvalue weighted by atomic mass is 15.3. The minimum Gasteiger partial charge on any atom is -0.330 e. The molecule has 0 aliphatic heterocycles. The number of nitrogens with two attached hydrogens (primary N) is 1. The molecule has 0 aliphatic rings. The van der Waals surface area contributed by atoms with E-state index in [2.05, 4.69) is 49.4 Å². The highest BCUT2D eigenvalue weighted by Crippen LogP contribution is 2.24. The number of aromatic nitrogens is 2. The molecular weight excluding hydrogens is 258 g/mol. The quantitative estimate of drug-likeness (QED) is 0.794. The van der Waals surface area contributed by atoms with Gasteiger partial charge in [0.25, 0.3) is 0 Å². The number of hydrogen-bond donors (Lipinski definition) is 1. The van der Waals surface area contributed by atoms with E-state index < -0.39 is 0 Å². The molecule has 1 heterocycles. The molecule has 1 aromatic heterocycles. The Bertz CT molecular complexity index is 712. The number of hydrogen-bond acceptors (Lipinski definition) is 2. The summed E-state index contributed by atoms with van der Waals surface area (Å²) in [4.78, 5) is 0. The predicted octanol–water partition coefficient (Wildman–Crippen LogP) is 3.35. The first-order valence-corrected chi connectivity index (χ1v) is 7.19. The first kappa shape index (κ1) is 13.6. The molecule has 0 unspecified atom stereocenters. The first-order chi connectivity index (χ1) is 10.3. The lowest BCUT2D eigenvalue weighted by Gasteiger charge is -2.07. The second-order valence-electron chi connectivity index (χ2n) is 5.17. The van der Waals surface area contributed by atoms with Crippen LogP contribution in [0.3, 0.4) is 0 Å². The van der Waals surface area contributed by atoms with Crippen LogP contribution < -0.4 is 5.73 Å². The summed E-state index contributed by atoms with van der Waals surface area (Å²) in [6, 6.07) is 20.9. The fraction of sp³-hybridized carbons (Fsp3) is 0.167. The summed E-state index contributed by atoms with van der Waals surface area (Å²) in [5.41, 5.74) is 11.3. The van der Waals surface area contributed by atoms with Gasteiger partial charge in [0.15, 0.2) is 0 Å². The molecule has 21 heavy (non-hydrogen) atoms. The van der Waals surface area contributed by atoms with Gasteiger partial charge in [-0.25, -0.2) is 4.68 Å². The van der Waals surface area contributed by atoms with E-state index in [4.69, 9.17) is 10.8 Å². The number of benzene rings is 2. The van der Waals surface area contributed by atoms with Gasteiger partial charge in [-0.05, 0) is 31.7 Å². The average Bonchev–Trinajstić information content (AvgIpc) is 2.93. The van der Waals surface area contributed by atoms with Gasteiger partial charge in [-0.1, -0.05) is 48.0 Å². The van der Waals surface area contributed by atoms with Crippen LogP contribution in [-0.2, 0) is 6.42 Å². The smallest absolute Gasteiger partial charge is 0.0743 e. The first-order valence-electron chi connectivity index (χ1n) is 7.19. The maximum Gasteiger partial charge on any atom is 0.0743 e. The molecule has 2 N–H and O–H groups in total. The van der Waals surface area contributed by atoms with Crippen LogP contribution >= 0.6 is 0 Å². The van der Waals surface area contributed by atoms with Crippen molar-refractivity contribution in [2.45, 2.75) is 13.3 Å². The summed E-state index contributed by atoms with van der Waals surface area (Å²) in [7, 11) is 0. The van der Waals surface area contributed by atoms with Crippen molar-refractivity contribution in [1.29, 1.82) is 0 Å². The Kier molecular flexibility index (Phi) is 3.84. The summed E-state index contributed by atoms with van der Waals surface area (Å²) in [6.07, 6.45) is 0.790. The monoisotopic (exact) mass is 277 g/mol. The third kappa shape index (κ3) is 2.88. The largest absolute Gasteiger partial charge is 0.330 e. The van der Waals surface area contributed by atoms with Gasteiger partial charge in [-0.3, -0.25) is 0 Å². The molecular formula is C18H19N3. The molecule has 106 valence electrons. The minimum atomic E-state index is 0.610. The number of nitrogens with zero attached hydrogens (tertiary/aromatic N) is 2. The molecule has 3 aromatic rings. The highest BCUT2D eigenvalue weighted by molar-refractivity contribution is 5.63. The molecule has 0 aliphatic carbocycles. The lowest BCUT2D eigenvalue weighted by Crippen LogP contribution is -2.04. The van der Waals surface area contributed by atoms with Crippen LogP contribution in [-0.4, -0.2) is 16.3 Å². The molecule has 3 nitrogen and oxygen atoms in total. The van der Waals surface area contributed by atoms with E-state index in [0.29, 0.717) is 6.54 Å². The number of para-hydroxylation sites is 1. The summed E-state index contributed by atoms with van der Waals surface area (Å²) >= 11 is 0. The van der Waals surface area contributed by atoms with Crippen molar-refractivity contribution in [3.63, 3.8) is 0 Å². The lowest BCUT2D eigenvalue weighted by molar-refractivity contribution is 0.826. The third-order valence-corrected chi connectivity index (χ3v) is 3.51. The summed E-state index contributed by atoms with van der Waals surface area (Å²) < 4.78 is 2.00. The van der Waals surface area contributed by atoms with E-state index in [1.165, 1.54) is 11.1 Å². The van der Waals surface area contributed by atoms with Crippen LogP contribution in [0.4, 0.5) is 0 Å². The Hall–Kier alpha value is -2.39. The standard InChI is InChI=1S/C18H19N3/c1-14-7-9-15(10-8-14)18-13-16(11-12-19)20-21(18)17-5-3-2-4-6-17/h2-10,13H,11-12,19H2,1H3. The van der Waals surface area contributed by atoms with Crippen molar-refractivity contribution in [2.24, 2.45) is 5.73 Å². The van der Waals surface area contributed by atoms with E-state index in [1.54, 1.807) is 0 Å². The predicted molar refractivity (Wildman–Crippen MR) is 86.5 cm³/mol. The molecule has 0 saturated carbocycles. The van der Waals surface area contributed by atoms with E-state index in [1.807, 2.05) is 22.9 Å². The molecule has 0 saturated heterocycles. The van der Waals surface area contributed by atoms with Crippen LogP contribution in [0.2, 0.25) is 0 Å². The van der Waals surface area contributed by atoms with Crippen LogP contribution in [0.15, 0.2) is 60.7 Å². The van der Waals surface area contributed by atoms with Gasteiger partial charge in [0.05, 0.1) is 17.1 Å². The van der Waals surface area contributed by atoms with Gasteiger partial charge in [0.1, 0.15) is 0 Å². The average molecular weight is 277 g/mol. The molecule has 0 atom stereocenters. The second kappa shape index (κ2) is 5.94. The van der Waals surface area contributed by atoms with Crippen molar-refractivity contribution < 1.29 is 0 Å². The zero-order valence-corrected chi connectivity index (χ0v) is 12.2. The van der Waals surface area contributed by atoms with Crippen molar-refractivity contribution >= 4 is 0 Å². The van der Waals surface area contributed by atoms with E-state index >= 15 is 0 Å². The summed E-state index contributed by atoms with van der Waals surface area (Å²) in [6.45, 7) is 2.71. The van der Waals surface area contributed by atoms with Gasteiger partial charge >= 0.3 is 0 Å². The maximum atomic E-state index is 5.67. The minimum absolute atomic E-state index is 0.610. The Labute approximate surface area is 125 Å². The number of aryl methyl sites for hydroxylation is 1. The molecule has 3 rings (SSSR count).